The molecule has 4 N–H and O–H groups in total. The first-order valence-electron chi connectivity index (χ1n) is 6.86. The highest BCUT2D eigenvalue weighted by atomic mass is 16.1. The van der Waals surface area contributed by atoms with Gasteiger partial charge in [0.1, 0.15) is 14.1 Å². The maximum atomic E-state index is 12.3. The highest BCUT2D eigenvalue weighted by Crippen LogP contribution is 2.23. The van der Waals surface area contributed by atoms with Gasteiger partial charge in [0.25, 0.3) is 5.56 Å². The Morgan fingerprint density at radius 1 is 1.19 bits per heavy atom. The largest absolute Gasteiger partial charge is 0.397 e. The van der Waals surface area contributed by atoms with Crippen molar-refractivity contribution in [1.82, 2.24) is 9.36 Å². The third-order valence-electron chi connectivity index (χ3n) is 3.75. The lowest BCUT2D eigenvalue weighted by molar-refractivity contribution is -0.462. The molecule has 0 radical (unpaired) electrons. The zero-order chi connectivity index (χ0) is 15.1. The average molecular weight is 287 g/mol. The van der Waals surface area contributed by atoms with Gasteiger partial charge in [-0.3, -0.25) is 9.48 Å². The van der Waals surface area contributed by atoms with Crippen LogP contribution in [0.2, 0.25) is 0 Å². The number of rotatable bonds is 1. The van der Waals surface area contributed by atoms with Crippen LogP contribution in [0, 0.1) is 0 Å². The van der Waals surface area contributed by atoms with Gasteiger partial charge in [0, 0.05) is 25.2 Å². The fraction of sp³-hybridized carbons (Fsp3) is 0.357. The molecule has 0 saturated heterocycles. The van der Waals surface area contributed by atoms with Gasteiger partial charge in [0.2, 0.25) is 5.71 Å². The van der Waals surface area contributed by atoms with Crippen molar-refractivity contribution in [3.63, 3.8) is 0 Å². The predicted octanol–water partition coefficient (Wildman–Crippen LogP) is -0.166. The molecule has 0 spiro atoms. The summed E-state index contributed by atoms with van der Waals surface area (Å²) in [4.78, 5) is 16.7. The Hall–Kier alpha value is -2.57. The fourth-order valence-electron chi connectivity index (χ4n) is 2.57. The SMILES string of the molecule is C[N+](C)=C1C=C/C(=N\c2c(N)n3n(c2=O)CCC3)C(N)=C1. The van der Waals surface area contributed by atoms with Crippen LogP contribution in [0.25, 0.3) is 0 Å². The minimum atomic E-state index is -0.152. The van der Waals surface area contributed by atoms with Crippen molar-refractivity contribution in [2.24, 2.45) is 10.7 Å². The lowest BCUT2D eigenvalue weighted by Crippen LogP contribution is -2.20. The lowest BCUT2D eigenvalue weighted by Gasteiger charge is -2.06. The third kappa shape index (κ3) is 2.10. The van der Waals surface area contributed by atoms with Crippen LogP contribution in [0.5, 0.6) is 0 Å². The molecule has 7 nitrogen and oxygen atoms in total. The number of nitrogens with zero attached hydrogens (tertiary/aromatic N) is 4. The van der Waals surface area contributed by atoms with E-state index in [2.05, 4.69) is 4.99 Å². The molecule has 21 heavy (non-hydrogen) atoms. The Kier molecular flexibility index (Phi) is 3.04. The molecule has 1 aromatic rings. The smallest absolute Gasteiger partial charge is 0.294 e. The van der Waals surface area contributed by atoms with Crippen LogP contribution in [0.3, 0.4) is 0 Å². The number of hydrogen-bond acceptors (Lipinski definition) is 4. The standard InChI is InChI=1S/C14H18N6O/c1-18(2)9-4-5-11(10(15)8-9)17-12-13(16)19-6-3-7-20(19)14(12)21/h4-5,8H,3,6-7H2,1-2H3,(H3,15,16,21)/p+1. The highest BCUT2D eigenvalue weighted by molar-refractivity contribution is 6.20. The van der Waals surface area contributed by atoms with Gasteiger partial charge in [0.15, 0.2) is 11.5 Å². The van der Waals surface area contributed by atoms with Crippen molar-refractivity contribution in [3.05, 3.63) is 34.3 Å². The lowest BCUT2D eigenvalue weighted by atomic mass is 10.1. The maximum Gasteiger partial charge on any atom is 0.294 e. The maximum absolute atomic E-state index is 12.3. The van der Waals surface area contributed by atoms with Crippen molar-refractivity contribution < 1.29 is 4.58 Å². The molecule has 110 valence electrons. The minimum absolute atomic E-state index is 0.152. The molecule has 0 bridgehead atoms. The molecule has 0 unspecified atom stereocenters. The second-order valence-corrected chi connectivity index (χ2v) is 5.39. The summed E-state index contributed by atoms with van der Waals surface area (Å²) in [5.74, 6) is 0.411. The Bertz CT molecular complexity index is 783. The van der Waals surface area contributed by atoms with Crippen LogP contribution in [0.1, 0.15) is 6.42 Å². The van der Waals surface area contributed by atoms with Crippen molar-refractivity contribution in [2.45, 2.75) is 19.5 Å². The van der Waals surface area contributed by atoms with E-state index in [1.54, 1.807) is 15.4 Å². The van der Waals surface area contributed by atoms with Gasteiger partial charge in [0.05, 0.1) is 11.4 Å². The molecule has 0 amide bonds. The summed E-state index contributed by atoms with van der Waals surface area (Å²) in [6.07, 6.45) is 6.47. The van der Waals surface area contributed by atoms with Crippen LogP contribution in [-0.4, -0.2) is 39.5 Å². The first-order chi connectivity index (χ1) is 9.99. The molecule has 1 aliphatic heterocycles. The first-order valence-corrected chi connectivity index (χ1v) is 6.86. The Morgan fingerprint density at radius 2 is 1.90 bits per heavy atom. The zero-order valence-corrected chi connectivity index (χ0v) is 12.2. The number of nitrogens with two attached hydrogens (primary N) is 2. The Morgan fingerprint density at radius 3 is 2.52 bits per heavy atom. The second kappa shape index (κ2) is 4.76. The van der Waals surface area contributed by atoms with Gasteiger partial charge >= 0.3 is 0 Å². The summed E-state index contributed by atoms with van der Waals surface area (Å²) in [7, 11) is 3.88. The van der Waals surface area contributed by atoms with Gasteiger partial charge in [-0.2, -0.15) is 0 Å². The van der Waals surface area contributed by atoms with E-state index >= 15 is 0 Å². The van der Waals surface area contributed by atoms with E-state index in [0.717, 1.165) is 18.7 Å². The summed E-state index contributed by atoms with van der Waals surface area (Å²) in [5, 5.41) is 0. The molecule has 1 aliphatic carbocycles. The van der Waals surface area contributed by atoms with E-state index in [1.165, 1.54) is 0 Å². The van der Waals surface area contributed by atoms with E-state index in [9.17, 15) is 4.79 Å². The van der Waals surface area contributed by atoms with Crippen LogP contribution in [0.15, 0.2) is 33.7 Å². The van der Waals surface area contributed by atoms with E-state index in [4.69, 9.17) is 11.5 Å². The number of fused-ring (bicyclic) bond motifs is 1. The predicted molar refractivity (Wildman–Crippen MR) is 83.3 cm³/mol. The van der Waals surface area contributed by atoms with Gasteiger partial charge in [-0.1, -0.05) is 0 Å². The summed E-state index contributed by atoms with van der Waals surface area (Å²) < 4.78 is 5.38. The van der Waals surface area contributed by atoms with Crippen LogP contribution >= 0.6 is 0 Å². The van der Waals surface area contributed by atoms with Gasteiger partial charge in [-0.25, -0.2) is 14.2 Å². The monoisotopic (exact) mass is 287 g/mol. The Balaban J connectivity index is 2.06. The quantitative estimate of drug-likeness (QED) is 0.555. The van der Waals surface area contributed by atoms with Crippen LogP contribution < -0.4 is 17.0 Å². The highest BCUT2D eigenvalue weighted by Gasteiger charge is 2.22. The van der Waals surface area contributed by atoms with Crippen molar-refractivity contribution in [1.29, 1.82) is 0 Å². The number of nitrogen functional groups attached to an aromatic ring is 1. The molecular formula is C14H19N6O+. The summed E-state index contributed by atoms with van der Waals surface area (Å²) in [6, 6.07) is 0. The number of aliphatic imine (C=N–C) groups is 1. The molecule has 1 aromatic heterocycles. The molecule has 2 heterocycles. The van der Waals surface area contributed by atoms with Gasteiger partial charge in [-0.05, 0) is 12.5 Å². The van der Waals surface area contributed by atoms with Gasteiger partial charge in [-0.15, -0.1) is 0 Å². The molecule has 2 aliphatic rings. The molecule has 0 fully saturated rings. The van der Waals surface area contributed by atoms with E-state index in [-0.39, 0.29) is 11.2 Å². The van der Waals surface area contributed by atoms with E-state index in [1.807, 2.05) is 30.8 Å². The molecule has 7 heteroatoms. The fourth-order valence-corrected chi connectivity index (χ4v) is 2.57. The zero-order valence-electron chi connectivity index (χ0n) is 12.2. The van der Waals surface area contributed by atoms with Crippen LogP contribution in [-0.2, 0) is 13.1 Å². The molecule has 0 aromatic carbocycles. The van der Waals surface area contributed by atoms with Crippen LogP contribution in [0.4, 0.5) is 11.5 Å². The van der Waals surface area contributed by atoms with E-state index in [0.29, 0.717) is 23.8 Å². The van der Waals surface area contributed by atoms with Crippen molar-refractivity contribution in [2.75, 3.05) is 19.8 Å². The normalized spacial score (nSPS) is 19.0. The first kappa shape index (κ1) is 13.4. The molecular weight excluding hydrogens is 268 g/mol. The second-order valence-electron chi connectivity index (χ2n) is 5.39. The van der Waals surface area contributed by atoms with Crippen molar-refractivity contribution >= 4 is 22.9 Å². The summed E-state index contributed by atoms with van der Waals surface area (Å²) >= 11 is 0. The third-order valence-corrected chi connectivity index (χ3v) is 3.75. The molecule has 3 rings (SSSR count). The van der Waals surface area contributed by atoms with Gasteiger partial charge < -0.3 is 11.5 Å². The molecule has 0 saturated carbocycles. The number of aromatic nitrogens is 2. The topological polar surface area (TPSA) is 94.3 Å². The molecule has 0 atom stereocenters. The average Bonchev–Trinajstić information content (AvgIpc) is 3.00. The number of hydrogen-bond donors (Lipinski definition) is 2. The van der Waals surface area contributed by atoms with Crippen molar-refractivity contribution in [3.8, 4) is 0 Å². The van der Waals surface area contributed by atoms with E-state index < -0.39 is 0 Å². The number of allylic oxidation sites excluding steroid dienone is 3. The summed E-state index contributed by atoms with van der Waals surface area (Å²) in [6.45, 7) is 1.44. The number of anilines is 1. The Labute approximate surface area is 122 Å². The summed E-state index contributed by atoms with van der Waals surface area (Å²) in [5.41, 5.74) is 14.2. The minimum Gasteiger partial charge on any atom is -0.397 e.